The Bertz CT molecular complexity index is 116. The Morgan fingerprint density at radius 3 is 2.57 bits per heavy atom. The zero-order chi connectivity index (χ0) is 4.41. The Hall–Kier alpha value is -0.150. The molecule has 40 valence electrons. The highest BCUT2D eigenvalue weighted by molar-refractivity contribution is 7.03. The van der Waals surface area contributed by atoms with Crippen LogP contribution in [0.3, 0.4) is 0 Å². The lowest BCUT2D eigenvalue weighted by molar-refractivity contribution is 1.09. The van der Waals surface area contributed by atoms with Crippen LogP contribution < -0.4 is 0 Å². The number of aromatic nitrogens is 2. The normalized spacial score (nSPS) is 7.57. The van der Waals surface area contributed by atoms with E-state index in [4.69, 9.17) is 0 Å². The fourth-order valence-electron chi connectivity index (χ4n) is 0.211. The van der Waals surface area contributed by atoms with Crippen LogP contribution in [0.15, 0.2) is 5.38 Å². The molecule has 0 radical (unpaired) electrons. The molecule has 0 N–H and O–H groups in total. The summed E-state index contributed by atoms with van der Waals surface area (Å²) in [6, 6.07) is 0. The predicted octanol–water partition coefficient (Wildman–Crippen LogP) is 1.27. The second-order valence-electron chi connectivity index (χ2n) is 1.05. The summed E-state index contributed by atoms with van der Waals surface area (Å²) in [5, 5.41) is 5.59. The van der Waals surface area contributed by atoms with E-state index in [9.17, 15) is 0 Å². The van der Waals surface area contributed by atoms with Crippen LogP contribution in [0.25, 0.3) is 0 Å². The van der Waals surface area contributed by atoms with Crippen molar-refractivity contribution in [2.24, 2.45) is 0 Å². The first-order chi connectivity index (χ1) is 2.89. The van der Waals surface area contributed by atoms with Crippen molar-refractivity contribution >= 4 is 23.9 Å². The van der Waals surface area contributed by atoms with Crippen LogP contribution in [-0.2, 0) is 0 Å². The monoisotopic (exact) mass is 136 g/mol. The molecular weight excluding hydrogens is 132 g/mol. The van der Waals surface area contributed by atoms with E-state index in [1.165, 1.54) is 11.5 Å². The van der Waals surface area contributed by atoms with Crippen molar-refractivity contribution in [3.63, 3.8) is 0 Å². The van der Waals surface area contributed by atoms with Crippen LogP contribution in [-0.4, -0.2) is 9.59 Å². The Kier molecular flexibility index (Phi) is 2.87. The van der Waals surface area contributed by atoms with Gasteiger partial charge in [-0.15, -0.1) is 17.5 Å². The molecule has 0 atom stereocenters. The molecule has 0 spiro atoms. The molecule has 0 aliphatic rings. The van der Waals surface area contributed by atoms with Gasteiger partial charge in [0.1, 0.15) is 0 Å². The van der Waals surface area contributed by atoms with Crippen LogP contribution in [0.5, 0.6) is 0 Å². The van der Waals surface area contributed by atoms with Crippen molar-refractivity contribution in [3.05, 3.63) is 11.1 Å². The van der Waals surface area contributed by atoms with Crippen molar-refractivity contribution < 1.29 is 0 Å². The minimum Gasteiger partial charge on any atom is -0.147 e. The Morgan fingerprint density at radius 2 is 2.43 bits per heavy atom. The summed E-state index contributed by atoms with van der Waals surface area (Å²) in [4.78, 5) is 0. The summed E-state index contributed by atoms with van der Waals surface area (Å²) >= 11 is 1.38. The average Bonchev–Trinajstić information content (AvgIpc) is 1.86. The standard InChI is InChI=1S/C3H4N2S.ClH/c1-3-2-6-5-4-3;/h2H,1H3;1H. The third-order valence-corrected chi connectivity index (χ3v) is 1.09. The Morgan fingerprint density at radius 1 is 1.71 bits per heavy atom. The molecule has 1 aromatic rings. The number of rotatable bonds is 0. The summed E-state index contributed by atoms with van der Waals surface area (Å²) in [7, 11) is 0. The molecule has 1 rings (SSSR count). The molecular formula is C3H5ClN2S. The Balaban J connectivity index is 0.000000360. The van der Waals surface area contributed by atoms with Gasteiger partial charge in [0.2, 0.25) is 0 Å². The van der Waals surface area contributed by atoms with Gasteiger partial charge in [-0.1, -0.05) is 4.49 Å². The number of nitrogens with zero attached hydrogens (tertiary/aromatic N) is 2. The van der Waals surface area contributed by atoms with Crippen LogP contribution in [0.1, 0.15) is 5.69 Å². The first kappa shape index (κ1) is 6.85. The van der Waals surface area contributed by atoms with Gasteiger partial charge in [-0.25, -0.2) is 0 Å². The van der Waals surface area contributed by atoms with Crippen molar-refractivity contribution in [1.29, 1.82) is 0 Å². The van der Waals surface area contributed by atoms with E-state index >= 15 is 0 Å². The van der Waals surface area contributed by atoms with E-state index in [0.29, 0.717) is 0 Å². The fourth-order valence-corrected chi connectivity index (χ4v) is 0.634. The van der Waals surface area contributed by atoms with Crippen LogP contribution in [0.4, 0.5) is 0 Å². The average molecular weight is 137 g/mol. The summed E-state index contributed by atoms with van der Waals surface area (Å²) in [5.74, 6) is 0. The molecule has 0 amide bonds. The molecule has 0 aliphatic carbocycles. The topological polar surface area (TPSA) is 25.8 Å². The summed E-state index contributed by atoms with van der Waals surface area (Å²) in [6.07, 6.45) is 0. The number of aryl methyl sites for hydroxylation is 1. The minimum atomic E-state index is 0. The largest absolute Gasteiger partial charge is 0.147 e. The molecule has 1 aromatic heterocycles. The first-order valence-corrected chi connectivity index (χ1v) is 2.47. The van der Waals surface area contributed by atoms with Gasteiger partial charge in [0.15, 0.2) is 0 Å². The van der Waals surface area contributed by atoms with E-state index in [-0.39, 0.29) is 12.4 Å². The Labute approximate surface area is 52.1 Å². The molecule has 1 heterocycles. The summed E-state index contributed by atoms with van der Waals surface area (Å²) in [5.41, 5.74) is 1.00. The van der Waals surface area contributed by atoms with E-state index in [0.717, 1.165) is 5.69 Å². The maximum Gasteiger partial charge on any atom is 0.0724 e. The molecule has 0 unspecified atom stereocenters. The number of hydrogen-bond acceptors (Lipinski definition) is 3. The van der Waals surface area contributed by atoms with Gasteiger partial charge in [0.25, 0.3) is 0 Å². The van der Waals surface area contributed by atoms with Gasteiger partial charge in [-0.3, -0.25) is 0 Å². The SMILES string of the molecule is Cc1csnn1.Cl. The van der Waals surface area contributed by atoms with Gasteiger partial charge in [0.05, 0.1) is 5.69 Å². The highest BCUT2D eigenvalue weighted by Gasteiger charge is 1.78. The second kappa shape index (κ2) is 2.93. The predicted molar refractivity (Wildman–Crippen MR) is 31.9 cm³/mol. The van der Waals surface area contributed by atoms with Crippen LogP contribution >= 0.6 is 23.9 Å². The second-order valence-corrected chi connectivity index (χ2v) is 1.66. The van der Waals surface area contributed by atoms with Crippen LogP contribution in [0.2, 0.25) is 0 Å². The molecule has 2 nitrogen and oxygen atoms in total. The molecule has 0 aliphatic heterocycles. The quantitative estimate of drug-likeness (QED) is 0.537. The lowest BCUT2D eigenvalue weighted by Gasteiger charge is -1.61. The summed E-state index contributed by atoms with van der Waals surface area (Å²) < 4.78 is 3.61. The highest BCUT2D eigenvalue weighted by Crippen LogP contribution is 1.90. The lowest BCUT2D eigenvalue weighted by Crippen LogP contribution is -1.64. The van der Waals surface area contributed by atoms with E-state index in [1.54, 1.807) is 0 Å². The van der Waals surface area contributed by atoms with Gasteiger partial charge in [0, 0.05) is 5.38 Å². The third kappa shape index (κ3) is 1.85. The summed E-state index contributed by atoms with van der Waals surface area (Å²) in [6.45, 7) is 1.92. The highest BCUT2D eigenvalue weighted by atomic mass is 35.5. The molecule has 7 heavy (non-hydrogen) atoms. The van der Waals surface area contributed by atoms with Gasteiger partial charge < -0.3 is 0 Å². The molecule has 0 saturated carbocycles. The van der Waals surface area contributed by atoms with Crippen molar-refractivity contribution in [1.82, 2.24) is 9.59 Å². The van der Waals surface area contributed by atoms with Crippen molar-refractivity contribution in [2.45, 2.75) is 6.92 Å². The zero-order valence-electron chi connectivity index (χ0n) is 3.79. The van der Waals surface area contributed by atoms with Gasteiger partial charge in [-0.2, -0.15) is 0 Å². The van der Waals surface area contributed by atoms with E-state index < -0.39 is 0 Å². The number of halogens is 1. The van der Waals surface area contributed by atoms with E-state index in [1.807, 2.05) is 12.3 Å². The maximum absolute atomic E-state index is 3.69. The maximum atomic E-state index is 3.69. The van der Waals surface area contributed by atoms with Gasteiger partial charge in [-0.05, 0) is 18.5 Å². The fraction of sp³-hybridized carbons (Fsp3) is 0.333. The molecule has 0 aromatic carbocycles. The van der Waals surface area contributed by atoms with Crippen molar-refractivity contribution in [3.8, 4) is 0 Å². The molecule has 0 bridgehead atoms. The third-order valence-electron chi connectivity index (χ3n) is 0.469. The smallest absolute Gasteiger partial charge is 0.0724 e. The number of hydrogen-bond donors (Lipinski definition) is 0. The van der Waals surface area contributed by atoms with E-state index in [2.05, 4.69) is 9.59 Å². The zero-order valence-corrected chi connectivity index (χ0v) is 5.42. The minimum absolute atomic E-state index is 0. The van der Waals surface area contributed by atoms with Crippen LogP contribution in [0, 0.1) is 6.92 Å². The molecule has 0 saturated heterocycles. The molecule has 4 heteroatoms. The van der Waals surface area contributed by atoms with Gasteiger partial charge >= 0.3 is 0 Å². The first-order valence-electron chi connectivity index (χ1n) is 1.63. The molecule has 0 fully saturated rings. The van der Waals surface area contributed by atoms with Crippen molar-refractivity contribution in [2.75, 3.05) is 0 Å². The lowest BCUT2D eigenvalue weighted by atomic mass is 10.6.